The molecule has 3 aromatic rings. The van der Waals surface area contributed by atoms with E-state index in [0.717, 1.165) is 55.4 Å². The van der Waals surface area contributed by atoms with Crippen molar-refractivity contribution in [3.8, 4) is 5.75 Å². The molecule has 1 aromatic carbocycles. The maximum Gasteiger partial charge on any atom is 0.156 e. The zero-order valence-corrected chi connectivity index (χ0v) is 16.2. The van der Waals surface area contributed by atoms with E-state index < -0.39 is 0 Å². The summed E-state index contributed by atoms with van der Waals surface area (Å²) in [4.78, 5) is 11.7. The Labute approximate surface area is 157 Å². The van der Waals surface area contributed by atoms with E-state index in [4.69, 9.17) is 14.5 Å². The zero-order chi connectivity index (χ0) is 19.1. The van der Waals surface area contributed by atoms with Crippen molar-refractivity contribution in [2.75, 3.05) is 14.2 Å². The summed E-state index contributed by atoms with van der Waals surface area (Å²) in [5, 5.41) is 3.72. The number of para-hydroxylation sites is 1. The maximum atomic E-state index is 5.67. The molecule has 4 rings (SSSR count). The van der Waals surface area contributed by atoms with Gasteiger partial charge >= 0.3 is 0 Å². The fraction of sp³-hybridized carbons (Fsp3) is 0.227. The fourth-order valence-corrected chi connectivity index (χ4v) is 3.70. The number of methoxy groups -OCH3 is 2. The van der Waals surface area contributed by atoms with Crippen molar-refractivity contribution >= 4 is 17.0 Å². The van der Waals surface area contributed by atoms with Crippen molar-refractivity contribution in [3.63, 3.8) is 0 Å². The number of nitrogens with zero attached hydrogens (tertiary/aromatic N) is 1. The zero-order valence-electron chi connectivity index (χ0n) is 16.2. The van der Waals surface area contributed by atoms with Gasteiger partial charge in [0.15, 0.2) is 5.76 Å². The van der Waals surface area contributed by atoms with Gasteiger partial charge in [-0.15, -0.1) is 0 Å². The summed E-state index contributed by atoms with van der Waals surface area (Å²) < 4.78 is 11.3. The Morgan fingerprint density at radius 1 is 1.00 bits per heavy atom. The lowest BCUT2D eigenvalue weighted by molar-refractivity contribution is 0.372. The third-order valence-corrected chi connectivity index (χ3v) is 4.96. The van der Waals surface area contributed by atoms with E-state index in [2.05, 4.69) is 36.8 Å². The van der Waals surface area contributed by atoms with Crippen LogP contribution in [0.2, 0.25) is 0 Å². The number of ether oxygens (including phenoxy) is 2. The normalized spacial score (nSPS) is 16.1. The minimum atomic E-state index is 0.769. The first-order chi connectivity index (χ1) is 13.0. The summed E-state index contributed by atoms with van der Waals surface area (Å²) in [5.41, 5.74) is 5.33. The number of fused-ring (bicyclic) bond motifs is 1. The van der Waals surface area contributed by atoms with Crippen LogP contribution in [0.3, 0.4) is 0 Å². The van der Waals surface area contributed by atoms with Crippen molar-refractivity contribution in [1.29, 1.82) is 0 Å². The molecule has 27 heavy (non-hydrogen) atoms. The summed E-state index contributed by atoms with van der Waals surface area (Å²) in [6.45, 7) is 6.25. The molecule has 1 aliphatic rings. The van der Waals surface area contributed by atoms with Gasteiger partial charge in [-0.1, -0.05) is 12.1 Å². The average Bonchev–Trinajstić information content (AvgIpc) is 3.34. The third kappa shape index (κ3) is 2.76. The first kappa shape index (κ1) is 17.2. The highest BCUT2D eigenvalue weighted by Gasteiger charge is 2.16. The molecular formula is C22H23N3O2. The quantitative estimate of drug-likeness (QED) is 0.740. The molecule has 0 atom stereocenters. The molecule has 0 unspecified atom stereocenters. The van der Waals surface area contributed by atoms with Crippen LogP contribution in [0.15, 0.2) is 41.4 Å². The lowest BCUT2D eigenvalue weighted by Crippen LogP contribution is -2.22. The number of aromatic amines is 2. The number of aryl methyl sites for hydroxylation is 2. The minimum absolute atomic E-state index is 0.769. The smallest absolute Gasteiger partial charge is 0.156 e. The molecule has 2 aromatic heterocycles. The summed E-state index contributed by atoms with van der Waals surface area (Å²) in [7, 11) is 3.36. The van der Waals surface area contributed by atoms with Crippen LogP contribution in [-0.2, 0) is 4.74 Å². The number of hydrogen-bond donors (Lipinski definition) is 2. The Hall–Kier alpha value is -3.21. The van der Waals surface area contributed by atoms with Gasteiger partial charge in [-0.3, -0.25) is 0 Å². The largest absolute Gasteiger partial charge is 0.494 e. The SMILES string of the molecule is COC1=c2ccccc2=NC1=c1cc(OC)c(=C(C)c2[nH]c(C)cc2C)[nH]1. The van der Waals surface area contributed by atoms with Gasteiger partial charge in [-0.25, -0.2) is 4.99 Å². The minimum Gasteiger partial charge on any atom is -0.494 e. The van der Waals surface area contributed by atoms with E-state index >= 15 is 0 Å². The van der Waals surface area contributed by atoms with Crippen molar-refractivity contribution in [2.24, 2.45) is 4.99 Å². The number of aromatic nitrogens is 2. The summed E-state index contributed by atoms with van der Waals surface area (Å²) >= 11 is 0. The predicted molar refractivity (Wildman–Crippen MR) is 106 cm³/mol. The highest BCUT2D eigenvalue weighted by atomic mass is 16.5. The van der Waals surface area contributed by atoms with Crippen LogP contribution in [-0.4, -0.2) is 24.2 Å². The monoisotopic (exact) mass is 361 g/mol. The molecule has 0 aliphatic carbocycles. The molecule has 0 amide bonds. The van der Waals surface area contributed by atoms with Gasteiger partial charge < -0.3 is 19.4 Å². The average molecular weight is 361 g/mol. The van der Waals surface area contributed by atoms with Crippen LogP contribution < -0.4 is 26.0 Å². The number of hydrogen-bond acceptors (Lipinski definition) is 3. The molecular weight excluding hydrogens is 338 g/mol. The third-order valence-electron chi connectivity index (χ3n) is 4.96. The highest BCUT2D eigenvalue weighted by Crippen LogP contribution is 2.18. The second-order valence-corrected chi connectivity index (χ2v) is 6.77. The van der Waals surface area contributed by atoms with Gasteiger partial charge in [0.05, 0.1) is 30.3 Å². The first-order valence-corrected chi connectivity index (χ1v) is 8.90. The van der Waals surface area contributed by atoms with Gasteiger partial charge in [0.2, 0.25) is 0 Å². The highest BCUT2D eigenvalue weighted by molar-refractivity contribution is 5.84. The Bertz CT molecular complexity index is 1280. The Morgan fingerprint density at radius 2 is 1.78 bits per heavy atom. The second kappa shape index (κ2) is 6.50. The van der Waals surface area contributed by atoms with Gasteiger partial charge in [-0.2, -0.15) is 0 Å². The van der Waals surface area contributed by atoms with Crippen LogP contribution in [0.5, 0.6) is 5.75 Å². The molecule has 0 saturated carbocycles. The van der Waals surface area contributed by atoms with E-state index in [0.29, 0.717) is 0 Å². The lowest BCUT2D eigenvalue weighted by atomic mass is 10.1. The predicted octanol–water partition coefficient (Wildman–Crippen LogP) is 1.38. The standard InChI is InChI=1S/C22H23N3O2/c1-12-10-13(2)23-19(12)14(3)20-18(26-4)11-17(25-20)21-22(27-5)15-8-6-7-9-16(15)24-21/h6-11,23,25H,1-5H3. The summed E-state index contributed by atoms with van der Waals surface area (Å²) in [6.07, 6.45) is 0. The molecule has 1 aliphatic heterocycles. The Balaban J connectivity index is 2.04. The topological polar surface area (TPSA) is 62.4 Å². The lowest BCUT2D eigenvalue weighted by Gasteiger charge is -2.02. The van der Waals surface area contributed by atoms with E-state index in [-0.39, 0.29) is 0 Å². The second-order valence-electron chi connectivity index (χ2n) is 6.77. The van der Waals surface area contributed by atoms with Gasteiger partial charge in [0, 0.05) is 28.2 Å². The molecule has 5 nitrogen and oxygen atoms in total. The van der Waals surface area contributed by atoms with Gasteiger partial charge in [0.25, 0.3) is 0 Å². The van der Waals surface area contributed by atoms with Crippen LogP contribution in [0.4, 0.5) is 0 Å². The van der Waals surface area contributed by atoms with Crippen LogP contribution in [0.25, 0.3) is 17.0 Å². The summed E-state index contributed by atoms with van der Waals surface area (Å²) in [6, 6.07) is 12.1. The van der Waals surface area contributed by atoms with Crippen LogP contribution in [0, 0.1) is 13.8 Å². The van der Waals surface area contributed by atoms with Crippen molar-refractivity contribution in [2.45, 2.75) is 20.8 Å². The first-order valence-electron chi connectivity index (χ1n) is 8.90. The van der Waals surface area contributed by atoms with E-state index in [1.165, 1.54) is 5.56 Å². The molecule has 0 fully saturated rings. The van der Waals surface area contributed by atoms with E-state index in [1.54, 1.807) is 14.2 Å². The molecule has 0 bridgehead atoms. The molecule has 0 radical (unpaired) electrons. The van der Waals surface area contributed by atoms with Gasteiger partial charge in [-0.05, 0) is 44.5 Å². The number of H-pyrrole nitrogens is 2. The van der Waals surface area contributed by atoms with E-state index in [1.807, 2.05) is 30.3 Å². The van der Waals surface area contributed by atoms with Crippen molar-refractivity contribution in [3.05, 3.63) is 74.6 Å². The molecule has 138 valence electrons. The molecule has 0 spiro atoms. The van der Waals surface area contributed by atoms with Crippen molar-refractivity contribution < 1.29 is 9.47 Å². The van der Waals surface area contributed by atoms with Crippen LogP contribution in [0.1, 0.15) is 23.9 Å². The van der Waals surface area contributed by atoms with Crippen molar-refractivity contribution in [1.82, 2.24) is 9.97 Å². The fourth-order valence-electron chi connectivity index (χ4n) is 3.70. The molecule has 2 N–H and O–H groups in total. The summed E-state index contributed by atoms with van der Waals surface area (Å²) in [5.74, 6) is 1.55. The molecule has 5 heteroatoms. The maximum absolute atomic E-state index is 5.67. The molecule has 3 heterocycles. The Kier molecular flexibility index (Phi) is 4.15. The van der Waals surface area contributed by atoms with Gasteiger partial charge in [0.1, 0.15) is 11.4 Å². The van der Waals surface area contributed by atoms with Crippen LogP contribution >= 0.6 is 0 Å². The Morgan fingerprint density at radius 3 is 2.44 bits per heavy atom. The number of rotatable bonds is 3. The van der Waals surface area contributed by atoms with E-state index in [9.17, 15) is 0 Å². The number of nitrogens with one attached hydrogen (secondary N) is 2. The molecule has 0 saturated heterocycles. The number of benzene rings is 1.